The lowest BCUT2D eigenvalue weighted by Crippen LogP contribution is -2.40. The van der Waals surface area contributed by atoms with E-state index in [-0.39, 0.29) is 0 Å². The Morgan fingerprint density at radius 1 is 1.20 bits per heavy atom. The number of rotatable bonds is 3. The molecule has 0 fully saturated rings. The second kappa shape index (κ2) is 4.39. The SMILES string of the molecule is COc1cc([Si](C)(C)C)ccc1B(O)O. The summed E-state index contributed by atoms with van der Waals surface area (Å²) in [6, 6.07) is 5.57. The van der Waals surface area contributed by atoms with E-state index in [1.165, 1.54) is 12.3 Å². The van der Waals surface area contributed by atoms with Crippen LogP contribution in [0.2, 0.25) is 19.6 Å². The van der Waals surface area contributed by atoms with E-state index in [0.29, 0.717) is 11.2 Å². The van der Waals surface area contributed by atoms with Crippen molar-refractivity contribution in [3.63, 3.8) is 0 Å². The summed E-state index contributed by atoms with van der Waals surface area (Å²) in [4.78, 5) is 0. The molecule has 2 N–H and O–H groups in total. The van der Waals surface area contributed by atoms with Crippen molar-refractivity contribution in [3.8, 4) is 5.75 Å². The van der Waals surface area contributed by atoms with Crippen molar-refractivity contribution in [2.45, 2.75) is 19.6 Å². The van der Waals surface area contributed by atoms with Crippen molar-refractivity contribution in [2.24, 2.45) is 0 Å². The molecule has 3 nitrogen and oxygen atoms in total. The van der Waals surface area contributed by atoms with Gasteiger partial charge in [-0.15, -0.1) is 0 Å². The molecule has 0 atom stereocenters. The van der Waals surface area contributed by atoms with E-state index in [9.17, 15) is 0 Å². The van der Waals surface area contributed by atoms with Gasteiger partial charge in [0.05, 0.1) is 15.2 Å². The highest BCUT2D eigenvalue weighted by molar-refractivity contribution is 6.88. The molecule has 1 aromatic rings. The van der Waals surface area contributed by atoms with Crippen LogP contribution in [0.25, 0.3) is 0 Å². The Kier molecular flexibility index (Phi) is 3.59. The van der Waals surface area contributed by atoms with Gasteiger partial charge in [-0.2, -0.15) is 0 Å². The molecule has 0 unspecified atom stereocenters. The maximum absolute atomic E-state index is 9.12. The highest BCUT2D eigenvalue weighted by atomic mass is 28.3. The van der Waals surface area contributed by atoms with Gasteiger partial charge in [0.1, 0.15) is 5.75 Å². The standard InChI is InChI=1S/C10H17BO3Si/c1-14-10-7-8(15(2,3)4)5-6-9(10)11(12)13/h5-7,12-13H,1-4H3. The first kappa shape index (κ1) is 12.3. The van der Waals surface area contributed by atoms with Crippen molar-refractivity contribution in [2.75, 3.05) is 7.11 Å². The minimum absolute atomic E-state index is 0.416. The van der Waals surface area contributed by atoms with E-state index in [4.69, 9.17) is 14.8 Å². The molecule has 0 aromatic heterocycles. The van der Waals surface area contributed by atoms with Crippen LogP contribution in [-0.4, -0.2) is 32.4 Å². The molecule has 0 spiro atoms. The molecule has 82 valence electrons. The van der Waals surface area contributed by atoms with Gasteiger partial charge in [0.25, 0.3) is 0 Å². The molecule has 0 heterocycles. The Labute approximate surface area is 91.9 Å². The first-order valence-corrected chi connectivity index (χ1v) is 8.41. The second-order valence-corrected chi connectivity index (χ2v) is 9.66. The lowest BCUT2D eigenvalue weighted by Gasteiger charge is -2.18. The van der Waals surface area contributed by atoms with Gasteiger partial charge in [0.15, 0.2) is 0 Å². The smallest absolute Gasteiger partial charge is 0.492 e. The third kappa shape index (κ3) is 2.84. The van der Waals surface area contributed by atoms with E-state index < -0.39 is 15.2 Å². The highest BCUT2D eigenvalue weighted by Gasteiger charge is 2.21. The molecule has 0 aliphatic rings. The fourth-order valence-electron chi connectivity index (χ4n) is 1.39. The van der Waals surface area contributed by atoms with Crippen LogP contribution in [0.5, 0.6) is 5.75 Å². The zero-order valence-corrected chi connectivity index (χ0v) is 10.6. The lowest BCUT2D eigenvalue weighted by molar-refractivity contribution is 0.403. The van der Waals surface area contributed by atoms with Gasteiger partial charge in [-0.3, -0.25) is 0 Å². The Morgan fingerprint density at radius 3 is 2.20 bits per heavy atom. The summed E-state index contributed by atoms with van der Waals surface area (Å²) in [6.45, 7) is 6.70. The third-order valence-corrected chi connectivity index (χ3v) is 4.42. The summed E-state index contributed by atoms with van der Waals surface area (Å²) < 4.78 is 5.14. The Hall–Kier alpha value is -0.778. The van der Waals surface area contributed by atoms with Gasteiger partial charge in [-0.25, -0.2) is 0 Å². The molecule has 0 saturated heterocycles. The quantitative estimate of drug-likeness (QED) is 0.706. The summed E-state index contributed by atoms with van der Waals surface area (Å²) in [6.07, 6.45) is 0. The van der Waals surface area contributed by atoms with Crippen LogP contribution in [0.15, 0.2) is 18.2 Å². The topological polar surface area (TPSA) is 49.7 Å². The summed E-state index contributed by atoms with van der Waals surface area (Å²) in [7, 11) is -1.32. The van der Waals surface area contributed by atoms with Crippen LogP contribution in [0, 0.1) is 0 Å². The lowest BCUT2D eigenvalue weighted by atomic mass is 9.79. The minimum Gasteiger partial charge on any atom is -0.497 e. The van der Waals surface area contributed by atoms with E-state index in [0.717, 1.165) is 0 Å². The van der Waals surface area contributed by atoms with Crippen molar-refractivity contribution < 1.29 is 14.8 Å². The van der Waals surface area contributed by atoms with Crippen molar-refractivity contribution >= 4 is 25.8 Å². The summed E-state index contributed by atoms with van der Waals surface area (Å²) in [5.74, 6) is 0.546. The van der Waals surface area contributed by atoms with E-state index >= 15 is 0 Å². The summed E-state index contributed by atoms with van der Waals surface area (Å²) in [5.41, 5.74) is 0.416. The molecule has 1 rings (SSSR count). The average molecular weight is 224 g/mol. The molecular formula is C10H17BO3Si. The number of methoxy groups -OCH3 is 1. The van der Waals surface area contributed by atoms with E-state index in [1.807, 2.05) is 12.1 Å². The molecule has 0 amide bonds. The molecular weight excluding hydrogens is 207 g/mol. The predicted octanol–water partition coefficient (Wildman–Crippen LogP) is -0.0798. The first-order valence-electron chi connectivity index (χ1n) is 4.91. The van der Waals surface area contributed by atoms with Crippen LogP contribution >= 0.6 is 0 Å². The Bertz CT molecular complexity index is 347. The molecule has 1 aromatic carbocycles. The van der Waals surface area contributed by atoms with Crippen molar-refractivity contribution in [3.05, 3.63) is 18.2 Å². The number of hydrogen-bond acceptors (Lipinski definition) is 3. The zero-order chi connectivity index (χ0) is 11.6. The molecule has 5 heteroatoms. The maximum atomic E-state index is 9.12. The van der Waals surface area contributed by atoms with Gasteiger partial charge in [-0.05, 0) is 6.07 Å². The molecule has 15 heavy (non-hydrogen) atoms. The normalized spacial score (nSPS) is 11.3. The minimum atomic E-state index is -1.48. The van der Waals surface area contributed by atoms with Crippen molar-refractivity contribution in [1.29, 1.82) is 0 Å². The fourth-order valence-corrected chi connectivity index (χ4v) is 2.54. The van der Waals surface area contributed by atoms with Gasteiger partial charge < -0.3 is 14.8 Å². The molecule has 0 aliphatic heterocycles. The van der Waals surface area contributed by atoms with Crippen LogP contribution in [0.3, 0.4) is 0 Å². The monoisotopic (exact) mass is 224 g/mol. The Balaban J connectivity index is 3.19. The highest BCUT2D eigenvalue weighted by Crippen LogP contribution is 2.09. The second-order valence-electron chi connectivity index (χ2n) is 4.58. The van der Waals surface area contributed by atoms with Gasteiger partial charge in [0.2, 0.25) is 0 Å². The largest absolute Gasteiger partial charge is 0.497 e. The molecule has 0 radical (unpaired) electrons. The van der Waals surface area contributed by atoms with Crippen LogP contribution < -0.4 is 15.4 Å². The van der Waals surface area contributed by atoms with Gasteiger partial charge in [0, 0.05) is 5.46 Å². The number of ether oxygens (including phenoxy) is 1. The first-order chi connectivity index (χ1) is 6.86. The summed E-state index contributed by atoms with van der Waals surface area (Å²) >= 11 is 0. The number of hydrogen-bond donors (Lipinski definition) is 2. The molecule has 0 bridgehead atoms. The van der Waals surface area contributed by atoms with Crippen LogP contribution in [0.4, 0.5) is 0 Å². The van der Waals surface area contributed by atoms with E-state index in [2.05, 4.69) is 19.6 Å². The van der Waals surface area contributed by atoms with Crippen LogP contribution in [0.1, 0.15) is 0 Å². The Morgan fingerprint density at radius 2 is 1.80 bits per heavy atom. The molecule has 0 saturated carbocycles. The maximum Gasteiger partial charge on any atom is 0.492 e. The third-order valence-electron chi connectivity index (χ3n) is 2.38. The predicted molar refractivity (Wildman–Crippen MR) is 65.8 cm³/mol. The average Bonchev–Trinajstić information content (AvgIpc) is 2.15. The van der Waals surface area contributed by atoms with Gasteiger partial charge in [-0.1, -0.05) is 37.0 Å². The fraction of sp³-hybridized carbons (Fsp3) is 0.400. The van der Waals surface area contributed by atoms with E-state index in [1.54, 1.807) is 6.07 Å². The van der Waals surface area contributed by atoms with Gasteiger partial charge >= 0.3 is 7.12 Å². The summed E-state index contributed by atoms with van der Waals surface area (Å²) in [5, 5.41) is 19.5. The molecule has 0 aliphatic carbocycles. The van der Waals surface area contributed by atoms with Crippen LogP contribution in [-0.2, 0) is 0 Å². The number of benzene rings is 1. The van der Waals surface area contributed by atoms with Crippen molar-refractivity contribution in [1.82, 2.24) is 0 Å². The zero-order valence-electron chi connectivity index (χ0n) is 9.61.